The van der Waals surface area contributed by atoms with Gasteiger partial charge >= 0.3 is 12.6 Å². The van der Waals surface area contributed by atoms with E-state index in [9.17, 15) is 13.6 Å². The van der Waals surface area contributed by atoms with E-state index in [-0.39, 0.29) is 18.6 Å². The van der Waals surface area contributed by atoms with Gasteiger partial charge in [0.15, 0.2) is 0 Å². The second-order valence-corrected chi connectivity index (χ2v) is 3.88. The van der Waals surface area contributed by atoms with Gasteiger partial charge in [-0.15, -0.1) is 0 Å². The smallest absolute Gasteiger partial charge is 0.387 e. The van der Waals surface area contributed by atoms with Gasteiger partial charge in [-0.2, -0.15) is 8.78 Å². The first-order chi connectivity index (χ1) is 7.49. The highest BCUT2D eigenvalue weighted by molar-refractivity contribution is 9.10. The third-order valence-corrected chi connectivity index (χ3v) is 2.62. The van der Waals surface area contributed by atoms with Gasteiger partial charge in [0.05, 0.1) is 0 Å². The molecule has 0 saturated carbocycles. The molecule has 0 aliphatic heterocycles. The lowest BCUT2D eigenvalue weighted by Crippen LogP contribution is -2.03. The van der Waals surface area contributed by atoms with E-state index in [4.69, 9.17) is 5.11 Å². The molecule has 0 heterocycles. The summed E-state index contributed by atoms with van der Waals surface area (Å²) in [6, 6.07) is 4.34. The molecule has 0 aromatic heterocycles. The van der Waals surface area contributed by atoms with Crippen molar-refractivity contribution in [2.75, 3.05) is 0 Å². The van der Waals surface area contributed by atoms with E-state index in [0.717, 1.165) is 0 Å². The first-order valence-electron chi connectivity index (χ1n) is 4.44. The minimum absolute atomic E-state index is 0.0265. The predicted octanol–water partition coefficient (Wildman–Crippen LogP) is 3.07. The first-order valence-corrected chi connectivity index (χ1v) is 5.23. The zero-order valence-corrected chi connectivity index (χ0v) is 9.71. The van der Waals surface area contributed by atoms with Gasteiger partial charge in [-0.3, -0.25) is 4.79 Å². The van der Waals surface area contributed by atoms with Crippen molar-refractivity contribution >= 4 is 21.9 Å². The standard InChI is InChI=1S/C10H9BrF2O3/c11-8-3-2-7(16-10(12)13)5-6(8)1-4-9(14)15/h2-3,5,10H,1,4H2,(H,14,15). The molecule has 16 heavy (non-hydrogen) atoms. The lowest BCUT2D eigenvalue weighted by Gasteiger charge is -2.08. The Morgan fingerprint density at radius 3 is 2.75 bits per heavy atom. The summed E-state index contributed by atoms with van der Waals surface area (Å²) in [5.74, 6) is -0.911. The van der Waals surface area contributed by atoms with E-state index in [1.807, 2.05) is 0 Å². The van der Waals surface area contributed by atoms with Gasteiger partial charge in [0, 0.05) is 10.9 Å². The third kappa shape index (κ3) is 4.14. The minimum Gasteiger partial charge on any atom is -0.481 e. The zero-order chi connectivity index (χ0) is 12.1. The molecule has 0 aliphatic carbocycles. The second-order valence-electron chi connectivity index (χ2n) is 3.03. The average Bonchev–Trinajstić information content (AvgIpc) is 2.18. The van der Waals surface area contributed by atoms with Crippen LogP contribution >= 0.6 is 15.9 Å². The molecule has 88 valence electrons. The number of alkyl halides is 2. The highest BCUT2D eigenvalue weighted by Crippen LogP contribution is 2.24. The van der Waals surface area contributed by atoms with Crippen molar-refractivity contribution in [3.05, 3.63) is 28.2 Å². The predicted molar refractivity (Wildman–Crippen MR) is 56.7 cm³/mol. The molecular weight excluding hydrogens is 286 g/mol. The Morgan fingerprint density at radius 1 is 1.50 bits per heavy atom. The van der Waals surface area contributed by atoms with Gasteiger partial charge in [-0.25, -0.2) is 0 Å². The lowest BCUT2D eigenvalue weighted by molar-refractivity contribution is -0.136. The molecule has 1 aromatic rings. The van der Waals surface area contributed by atoms with E-state index >= 15 is 0 Å². The summed E-state index contributed by atoms with van der Waals surface area (Å²) in [5.41, 5.74) is 0.626. The SMILES string of the molecule is O=C(O)CCc1cc(OC(F)F)ccc1Br. The maximum Gasteiger partial charge on any atom is 0.387 e. The van der Waals surface area contributed by atoms with Gasteiger partial charge < -0.3 is 9.84 Å². The Kier molecular flexibility index (Phi) is 4.67. The summed E-state index contributed by atoms with van der Waals surface area (Å²) in [4.78, 5) is 10.4. The van der Waals surface area contributed by atoms with Crippen LogP contribution in [-0.2, 0) is 11.2 Å². The molecule has 0 aliphatic rings. The average molecular weight is 295 g/mol. The molecule has 0 spiro atoms. The van der Waals surface area contributed by atoms with Crippen LogP contribution < -0.4 is 4.74 Å². The topological polar surface area (TPSA) is 46.5 Å². The number of aliphatic carboxylic acids is 1. The van der Waals surface area contributed by atoms with Gasteiger partial charge in [0.25, 0.3) is 0 Å². The number of benzene rings is 1. The minimum atomic E-state index is -2.88. The number of ether oxygens (including phenoxy) is 1. The molecule has 3 nitrogen and oxygen atoms in total. The Bertz CT molecular complexity index is 382. The molecule has 0 amide bonds. The van der Waals surface area contributed by atoms with Crippen molar-refractivity contribution in [2.24, 2.45) is 0 Å². The molecule has 1 rings (SSSR count). The molecule has 1 aromatic carbocycles. The van der Waals surface area contributed by atoms with Crippen LogP contribution in [0.1, 0.15) is 12.0 Å². The van der Waals surface area contributed by atoms with E-state index in [1.54, 1.807) is 6.07 Å². The van der Waals surface area contributed by atoms with Crippen molar-refractivity contribution in [2.45, 2.75) is 19.5 Å². The van der Waals surface area contributed by atoms with Crippen molar-refractivity contribution < 1.29 is 23.4 Å². The van der Waals surface area contributed by atoms with Gasteiger partial charge in [-0.1, -0.05) is 15.9 Å². The number of carboxylic acids is 1. The van der Waals surface area contributed by atoms with E-state index in [0.29, 0.717) is 10.0 Å². The summed E-state index contributed by atoms with van der Waals surface area (Å²) in [6.45, 7) is -2.88. The maximum absolute atomic E-state index is 11.9. The van der Waals surface area contributed by atoms with Crippen LogP contribution in [0.4, 0.5) is 8.78 Å². The van der Waals surface area contributed by atoms with Gasteiger partial charge in [0.2, 0.25) is 0 Å². The molecule has 1 N–H and O–H groups in total. The van der Waals surface area contributed by atoms with Crippen molar-refractivity contribution in [1.29, 1.82) is 0 Å². The van der Waals surface area contributed by atoms with Crippen LogP contribution in [-0.4, -0.2) is 17.7 Å². The third-order valence-electron chi connectivity index (χ3n) is 1.85. The highest BCUT2D eigenvalue weighted by atomic mass is 79.9. The molecule has 6 heteroatoms. The summed E-state index contributed by atoms with van der Waals surface area (Å²) in [7, 11) is 0. The first kappa shape index (κ1) is 12.9. The molecule has 0 atom stereocenters. The van der Waals surface area contributed by atoms with Crippen LogP contribution in [0, 0.1) is 0 Å². The number of carboxylic acid groups (broad SMARTS) is 1. The van der Waals surface area contributed by atoms with E-state index in [1.165, 1.54) is 12.1 Å². The number of halogens is 3. The van der Waals surface area contributed by atoms with Crippen LogP contribution in [0.2, 0.25) is 0 Å². The van der Waals surface area contributed by atoms with Gasteiger partial charge in [0.1, 0.15) is 5.75 Å². The molecule has 0 fully saturated rings. The lowest BCUT2D eigenvalue weighted by atomic mass is 10.1. The fourth-order valence-corrected chi connectivity index (χ4v) is 1.61. The summed E-state index contributed by atoms with van der Waals surface area (Å²) < 4.78 is 28.8. The fraction of sp³-hybridized carbons (Fsp3) is 0.300. The quantitative estimate of drug-likeness (QED) is 0.908. The number of hydrogen-bond donors (Lipinski definition) is 1. The number of carbonyl (C=O) groups is 1. The number of aryl methyl sites for hydroxylation is 1. The van der Waals surface area contributed by atoms with Crippen LogP contribution in [0.15, 0.2) is 22.7 Å². The largest absolute Gasteiger partial charge is 0.481 e. The molecule has 0 bridgehead atoms. The number of hydrogen-bond acceptors (Lipinski definition) is 2. The van der Waals surface area contributed by atoms with Crippen molar-refractivity contribution in [1.82, 2.24) is 0 Å². The Morgan fingerprint density at radius 2 is 2.19 bits per heavy atom. The van der Waals surface area contributed by atoms with Crippen LogP contribution in [0.5, 0.6) is 5.75 Å². The fourth-order valence-electron chi connectivity index (χ4n) is 1.16. The molecule has 0 radical (unpaired) electrons. The molecule has 0 unspecified atom stereocenters. The monoisotopic (exact) mass is 294 g/mol. The van der Waals surface area contributed by atoms with Crippen LogP contribution in [0.25, 0.3) is 0 Å². The second kappa shape index (κ2) is 5.79. The maximum atomic E-state index is 11.9. The normalized spacial score (nSPS) is 10.5. The molecular formula is C10H9BrF2O3. The summed E-state index contributed by atoms with van der Waals surface area (Å²) >= 11 is 3.21. The highest BCUT2D eigenvalue weighted by Gasteiger charge is 2.08. The Hall–Kier alpha value is -1.17. The zero-order valence-electron chi connectivity index (χ0n) is 8.12. The van der Waals surface area contributed by atoms with E-state index in [2.05, 4.69) is 20.7 Å². The Labute approximate surface area is 99.2 Å². The van der Waals surface area contributed by atoms with Gasteiger partial charge in [-0.05, 0) is 30.2 Å². The van der Waals surface area contributed by atoms with E-state index < -0.39 is 12.6 Å². The summed E-state index contributed by atoms with van der Waals surface area (Å²) in [5, 5.41) is 8.51. The van der Waals surface area contributed by atoms with Crippen molar-refractivity contribution in [3.8, 4) is 5.75 Å². The van der Waals surface area contributed by atoms with Crippen molar-refractivity contribution in [3.63, 3.8) is 0 Å². The summed E-state index contributed by atoms with van der Waals surface area (Å²) in [6.07, 6.45) is 0.201. The Balaban J connectivity index is 2.77. The van der Waals surface area contributed by atoms with Crippen LogP contribution in [0.3, 0.4) is 0 Å². The molecule has 0 saturated heterocycles. The number of rotatable bonds is 5.